The third-order valence-electron chi connectivity index (χ3n) is 3.61. The molecule has 0 aromatic heterocycles. The second-order valence-electron chi connectivity index (χ2n) is 6.83. The lowest BCUT2D eigenvalue weighted by Crippen LogP contribution is -2.35. The van der Waals surface area contributed by atoms with Crippen molar-refractivity contribution in [3.05, 3.63) is 0 Å². The minimum atomic E-state index is -0.351. The SMILES string of the molecule is CCCCCCC(C)C(=O)CCCNC(=O)C(C)(C)C. The Morgan fingerprint density at radius 3 is 2.25 bits per heavy atom. The van der Waals surface area contributed by atoms with Gasteiger partial charge in [-0.3, -0.25) is 9.59 Å². The zero-order chi connectivity index (χ0) is 15.6. The predicted molar refractivity (Wildman–Crippen MR) is 84.6 cm³/mol. The molecule has 0 fully saturated rings. The van der Waals surface area contributed by atoms with Crippen LogP contribution in [0.3, 0.4) is 0 Å². The van der Waals surface area contributed by atoms with E-state index in [4.69, 9.17) is 0 Å². The predicted octanol–water partition coefficient (Wildman–Crippen LogP) is 4.10. The first-order valence-electron chi connectivity index (χ1n) is 8.10. The summed E-state index contributed by atoms with van der Waals surface area (Å²) in [5.41, 5.74) is -0.351. The second-order valence-corrected chi connectivity index (χ2v) is 6.83. The number of nitrogens with one attached hydrogen (secondary N) is 1. The Morgan fingerprint density at radius 2 is 1.70 bits per heavy atom. The lowest BCUT2D eigenvalue weighted by Gasteiger charge is -2.17. The average molecular weight is 283 g/mol. The number of ketones is 1. The van der Waals surface area contributed by atoms with Gasteiger partial charge in [0.05, 0.1) is 0 Å². The Bertz CT molecular complexity index is 292. The first-order valence-corrected chi connectivity index (χ1v) is 8.10. The van der Waals surface area contributed by atoms with E-state index in [9.17, 15) is 9.59 Å². The molecular formula is C17H33NO2. The molecule has 118 valence electrons. The maximum atomic E-state index is 11.9. The first-order chi connectivity index (χ1) is 9.29. The van der Waals surface area contributed by atoms with Gasteiger partial charge in [0.1, 0.15) is 5.78 Å². The van der Waals surface area contributed by atoms with Gasteiger partial charge in [-0.25, -0.2) is 0 Å². The molecule has 1 atom stereocenters. The van der Waals surface area contributed by atoms with Gasteiger partial charge >= 0.3 is 0 Å². The molecular weight excluding hydrogens is 250 g/mol. The van der Waals surface area contributed by atoms with Gasteiger partial charge in [-0.15, -0.1) is 0 Å². The lowest BCUT2D eigenvalue weighted by atomic mass is 9.95. The van der Waals surface area contributed by atoms with Gasteiger partial charge in [0, 0.05) is 24.3 Å². The number of Topliss-reactive ketones (excluding diaryl/α,β-unsaturated/α-hetero) is 1. The molecule has 0 aliphatic rings. The van der Waals surface area contributed by atoms with Crippen molar-refractivity contribution in [3.63, 3.8) is 0 Å². The summed E-state index contributed by atoms with van der Waals surface area (Å²) in [4.78, 5) is 23.6. The number of hydrogen-bond acceptors (Lipinski definition) is 2. The molecule has 1 amide bonds. The van der Waals surface area contributed by atoms with Crippen LogP contribution in [0, 0.1) is 11.3 Å². The fourth-order valence-corrected chi connectivity index (χ4v) is 2.01. The topological polar surface area (TPSA) is 46.2 Å². The molecule has 0 aliphatic carbocycles. The van der Waals surface area contributed by atoms with Crippen LogP contribution < -0.4 is 5.32 Å². The third kappa shape index (κ3) is 9.11. The summed E-state index contributed by atoms with van der Waals surface area (Å²) < 4.78 is 0. The van der Waals surface area contributed by atoms with Crippen LogP contribution in [0.4, 0.5) is 0 Å². The Morgan fingerprint density at radius 1 is 1.05 bits per heavy atom. The van der Waals surface area contributed by atoms with Crippen molar-refractivity contribution in [1.29, 1.82) is 0 Å². The Balaban J connectivity index is 3.69. The van der Waals surface area contributed by atoms with Gasteiger partial charge in [-0.2, -0.15) is 0 Å². The standard InChI is InChI=1S/C17H33NO2/c1-6-7-8-9-11-14(2)15(19)12-10-13-18-16(20)17(3,4)5/h14H,6-13H2,1-5H3,(H,18,20). The van der Waals surface area contributed by atoms with E-state index in [1.54, 1.807) is 0 Å². The second kappa shape index (κ2) is 9.95. The molecule has 3 heteroatoms. The van der Waals surface area contributed by atoms with Crippen LogP contribution in [0.25, 0.3) is 0 Å². The Labute approximate surface area is 124 Å². The van der Waals surface area contributed by atoms with Gasteiger partial charge < -0.3 is 5.32 Å². The average Bonchev–Trinajstić information content (AvgIpc) is 2.37. The summed E-state index contributed by atoms with van der Waals surface area (Å²) in [5.74, 6) is 0.564. The lowest BCUT2D eigenvalue weighted by molar-refractivity contribution is -0.128. The largest absolute Gasteiger partial charge is 0.356 e. The molecule has 0 spiro atoms. The van der Waals surface area contributed by atoms with Crippen LogP contribution in [0.1, 0.15) is 79.6 Å². The summed E-state index contributed by atoms with van der Waals surface area (Å²) in [6, 6.07) is 0. The molecule has 1 unspecified atom stereocenters. The zero-order valence-corrected chi connectivity index (χ0v) is 14.1. The molecule has 0 aromatic rings. The maximum absolute atomic E-state index is 11.9. The molecule has 0 radical (unpaired) electrons. The van der Waals surface area contributed by atoms with E-state index in [0.29, 0.717) is 18.7 Å². The van der Waals surface area contributed by atoms with E-state index in [2.05, 4.69) is 12.2 Å². The van der Waals surface area contributed by atoms with Crippen molar-refractivity contribution in [2.24, 2.45) is 11.3 Å². The van der Waals surface area contributed by atoms with E-state index < -0.39 is 0 Å². The highest BCUT2D eigenvalue weighted by molar-refractivity contribution is 5.82. The zero-order valence-electron chi connectivity index (χ0n) is 14.1. The van der Waals surface area contributed by atoms with Crippen molar-refractivity contribution in [1.82, 2.24) is 5.32 Å². The van der Waals surface area contributed by atoms with Crippen molar-refractivity contribution in [2.45, 2.75) is 79.6 Å². The Hall–Kier alpha value is -0.860. The van der Waals surface area contributed by atoms with E-state index in [-0.39, 0.29) is 17.2 Å². The normalized spacial score (nSPS) is 13.1. The number of rotatable bonds is 10. The molecule has 1 N–H and O–H groups in total. The number of amides is 1. The number of hydrogen-bond donors (Lipinski definition) is 1. The fourth-order valence-electron chi connectivity index (χ4n) is 2.01. The fraction of sp³-hybridized carbons (Fsp3) is 0.882. The van der Waals surface area contributed by atoms with Gasteiger partial charge in [0.25, 0.3) is 0 Å². The highest BCUT2D eigenvalue weighted by Crippen LogP contribution is 2.14. The van der Waals surface area contributed by atoms with Gasteiger partial charge in [0.15, 0.2) is 0 Å². The van der Waals surface area contributed by atoms with Crippen LogP contribution in [0.15, 0.2) is 0 Å². The van der Waals surface area contributed by atoms with E-state index in [1.165, 1.54) is 19.3 Å². The maximum Gasteiger partial charge on any atom is 0.225 e. The van der Waals surface area contributed by atoms with Gasteiger partial charge in [0.2, 0.25) is 5.91 Å². The van der Waals surface area contributed by atoms with Gasteiger partial charge in [-0.1, -0.05) is 60.3 Å². The van der Waals surface area contributed by atoms with E-state index in [1.807, 2.05) is 27.7 Å². The molecule has 0 saturated carbocycles. The highest BCUT2D eigenvalue weighted by Gasteiger charge is 2.20. The molecule has 3 nitrogen and oxygen atoms in total. The van der Waals surface area contributed by atoms with E-state index in [0.717, 1.165) is 19.3 Å². The van der Waals surface area contributed by atoms with E-state index >= 15 is 0 Å². The minimum absolute atomic E-state index is 0.0533. The molecule has 0 bridgehead atoms. The van der Waals surface area contributed by atoms with Crippen LogP contribution >= 0.6 is 0 Å². The number of carbonyl (C=O) groups is 2. The number of unbranched alkanes of at least 4 members (excludes halogenated alkanes) is 3. The smallest absolute Gasteiger partial charge is 0.225 e. The van der Waals surface area contributed by atoms with Gasteiger partial charge in [-0.05, 0) is 12.8 Å². The van der Waals surface area contributed by atoms with Crippen molar-refractivity contribution < 1.29 is 9.59 Å². The summed E-state index contributed by atoms with van der Waals surface area (Å²) in [6.07, 6.45) is 7.22. The van der Waals surface area contributed by atoms with Crippen LogP contribution in [-0.2, 0) is 9.59 Å². The van der Waals surface area contributed by atoms with Crippen LogP contribution in [-0.4, -0.2) is 18.2 Å². The molecule has 0 saturated heterocycles. The summed E-state index contributed by atoms with van der Waals surface area (Å²) >= 11 is 0. The summed E-state index contributed by atoms with van der Waals surface area (Å²) in [6.45, 7) is 10.5. The summed E-state index contributed by atoms with van der Waals surface area (Å²) in [5, 5.41) is 2.89. The molecule has 0 aromatic carbocycles. The molecule has 0 aliphatic heterocycles. The third-order valence-corrected chi connectivity index (χ3v) is 3.61. The molecule has 20 heavy (non-hydrogen) atoms. The van der Waals surface area contributed by atoms with Crippen molar-refractivity contribution in [3.8, 4) is 0 Å². The highest BCUT2D eigenvalue weighted by atomic mass is 16.2. The summed E-state index contributed by atoms with van der Waals surface area (Å²) in [7, 11) is 0. The molecule has 0 heterocycles. The van der Waals surface area contributed by atoms with Crippen molar-refractivity contribution >= 4 is 11.7 Å². The monoisotopic (exact) mass is 283 g/mol. The first kappa shape index (κ1) is 19.1. The van der Waals surface area contributed by atoms with Crippen LogP contribution in [0.2, 0.25) is 0 Å². The van der Waals surface area contributed by atoms with Crippen LogP contribution in [0.5, 0.6) is 0 Å². The molecule has 0 rings (SSSR count). The minimum Gasteiger partial charge on any atom is -0.356 e. The number of carbonyl (C=O) groups excluding carboxylic acids is 2. The quantitative estimate of drug-likeness (QED) is 0.613. The Kier molecular flexibility index (Phi) is 9.52. The van der Waals surface area contributed by atoms with Crippen molar-refractivity contribution in [2.75, 3.05) is 6.54 Å².